The Morgan fingerprint density at radius 2 is 2.18 bits per heavy atom. The van der Waals surface area contributed by atoms with Crippen LogP contribution in [-0.4, -0.2) is 31.6 Å². The van der Waals surface area contributed by atoms with Crippen molar-refractivity contribution in [1.82, 2.24) is 0 Å². The van der Waals surface area contributed by atoms with E-state index in [0.717, 1.165) is 5.56 Å². The van der Waals surface area contributed by atoms with Crippen LogP contribution < -0.4 is 9.47 Å². The van der Waals surface area contributed by atoms with Gasteiger partial charge in [-0.25, -0.2) is 4.79 Å². The molecule has 0 aromatic heterocycles. The molecule has 90 valence electrons. The number of Topliss-reactive ketones (excluding diaryl/α,β-unsaturated/α-hetero) is 1. The summed E-state index contributed by atoms with van der Waals surface area (Å²) in [7, 11) is 1.21. The van der Waals surface area contributed by atoms with Crippen LogP contribution in [0.2, 0.25) is 0 Å². The largest absolute Gasteiger partial charge is 0.482 e. The fourth-order valence-electron chi connectivity index (χ4n) is 1.53. The highest BCUT2D eigenvalue weighted by Gasteiger charge is 2.33. The molecule has 5 heteroatoms. The van der Waals surface area contributed by atoms with E-state index in [1.165, 1.54) is 7.11 Å². The van der Waals surface area contributed by atoms with Gasteiger partial charge in [0.2, 0.25) is 5.78 Å². The lowest BCUT2D eigenvalue weighted by atomic mass is 10.2. The van der Waals surface area contributed by atoms with Crippen molar-refractivity contribution >= 4 is 11.8 Å². The first-order valence-corrected chi connectivity index (χ1v) is 5.12. The van der Waals surface area contributed by atoms with Gasteiger partial charge in [0, 0.05) is 0 Å². The van der Waals surface area contributed by atoms with Gasteiger partial charge in [-0.15, -0.1) is 0 Å². The zero-order valence-corrected chi connectivity index (χ0v) is 9.56. The number of aryl methyl sites for hydroxylation is 1. The Morgan fingerprint density at radius 3 is 2.88 bits per heavy atom. The second kappa shape index (κ2) is 4.45. The highest BCUT2D eigenvalue weighted by atomic mass is 16.6. The van der Waals surface area contributed by atoms with Gasteiger partial charge in [0.1, 0.15) is 0 Å². The van der Waals surface area contributed by atoms with E-state index < -0.39 is 17.9 Å². The molecule has 2 rings (SSSR count). The maximum atomic E-state index is 11.6. The third-order valence-corrected chi connectivity index (χ3v) is 2.42. The Labute approximate surface area is 98.3 Å². The Morgan fingerprint density at radius 1 is 1.41 bits per heavy atom. The minimum atomic E-state index is -1.25. The molecule has 5 nitrogen and oxygen atoms in total. The number of ketones is 1. The normalized spacial score (nSPS) is 18.5. The smallest absolute Gasteiger partial charge is 0.355 e. The number of fused-ring (bicyclic) bond motifs is 1. The van der Waals surface area contributed by atoms with Crippen molar-refractivity contribution < 1.29 is 23.8 Å². The van der Waals surface area contributed by atoms with Gasteiger partial charge in [-0.05, 0) is 24.6 Å². The van der Waals surface area contributed by atoms with Crippen molar-refractivity contribution in [3.63, 3.8) is 0 Å². The zero-order chi connectivity index (χ0) is 12.4. The highest BCUT2D eigenvalue weighted by Crippen LogP contribution is 2.31. The van der Waals surface area contributed by atoms with Gasteiger partial charge in [0.05, 0.1) is 7.11 Å². The number of carbonyl (C=O) groups is 2. The zero-order valence-electron chi connectivity index (χ0n) is 9.56. The van der Waals surface area contributed by atoms with Crippen LogP contribution in [0.5, 0.6) is 11.5 Å². The first kappa shape index (κ1) is 11.4. The second-order valence-corrected chi connectivity index (χ2v) is 3.73. The molecule has 1 aliphatic heterocycles. The summed E-state index contributed by atoms with van der Waals surface area (Å²) in [5, 5.41) is 0. The molecule has 0 aliphatic carbocycles. The summed E-state index contributed by atoms with van der Waals surface area (Å²) >= 11 is 0. The van der Waals surface area contributed by atoms with E-state index in [1.54, 1.807) is 12.1 Å². The molecule has 0 saturated carbocycles. The number of hydrogen-bond donors (Lipinski definition) is 0. The second-order valence-electron chi connectivity index (χ2n) is 3.73. The number of ether oxygens (including phenoxy) is 3. The van der Waals surface area contributed by atoms with Crippen molar-refractivity contribution in [2.75, 3.05) is 13.7 Å². The topological polar surface area (TPSA) is 61.8 Å². The lowest BCUT2D eigenvalue weighted by molar-refractivity contribution is -0.153. The Kier molecular flexibility index (Phi) is 2.99. The molecule has 0 amide bonds. The van der Waals surface area contributed by atoms with Gasteiger partial charge in [0.25, 0.3) is 6.10 Å². The molecule has 1 heterocycles. The Bertz CT molecular complexity index is 466. The van der Waals surface area contributed by atoms with Crippen LogP contribution in [0.4, 0.5) is 0 Å². The van der Waals surface area contributed by atoms with Crippen molar-refractivity contribution in [2.45, 2.75) is 13.0 Å². The molecule has 1 aromatic carbocycles. The molecular weight excluding hydrogens is 224 g/mol. The van der Waals surface area contributed by atoms with Crippen LogP contribution in [0, 0.1) is 6.92 Å². The Hall–Kier alpha value is -2.04. The monoisotopic (exact) mass is 236 g/mol. The van der Waals surface area contributed by atoms with E-state index in [-0.39, 0.29) is 6.61 Å². The van der Waals surface area contributed by atoms with E-state index in [9.17, 15) is 9.59 Å². The van der Waals surface area contributed by atoms with Gasteiger partial charge in [0.15, 0.2) is 18.1 Å². The maximum Gasteiger partial charge on any atom is 0.355 e. The summed E-state index contributed by atoms with van der Waals surface area (Å²) in [5.41, 5.74) is 0.949. The third-order valence-electron chi connectivity index (χ3n) is 2.42. The number of esters is 1. The van der Waals surface area contributed by atoms with Crippen LogP contribution in [0.1, 0.15) is 5.56 Å². The summed E-state index contributed by atoms with van der Waals surface area (Å²) in [6.45, 7) is 1.68. The van der Waals surface area contributed by atoms with Crippen LogP contribution in [0.25, 0.3) is 0 Å². The number of benzene rings is 1. The van der Waals surface area contributed by atoms with Crippen molar-refractivity contribution in [3.8, 4) is 11.5 Å². The minimum absolute atomic E-state index is 0.199. The molecule has 0 spiro atoms. The number of methoxy groups -OCH3 is 1. The van der Waals surface area contributed by atoms with E-state index in [2.05, 4.69) is 4.74 Å². The predicted molar refractivity (Wildman–Crippen MR) is 58.1 cm³/mol. The lowest BCUT2D eigenvalue weighted by Crippen LogP contribution is -2.38. The van der Waals surface area contributed by atoms with Gasteiger partial charge in [-0.1, -0.05) is 6.07 Å². The number of carbonyl (C=O) groups excluding carboxylic acids is 2. The first-order valence-electron chi connectivity index (χ1n) is 5.12. The fourth-order valence-corrected chi connectivity index (χ4v) is 1.53. The molecule has 0 N–H and O–H groups in total. The summed E-state index contributed by atoms with van der Waals surface area (Å²) in [5.74, 6) is -0.333. The van der Waals surface area contributed by atoms with Gasteiger partial charge >= 0.3 is 5.97 Å². The van der Waals surface area contributed by atoms with Crippen molar-refractivity contribution in [1.29, 1.82) is 0 Å². The summed E-state index contributed by atoms with van der Waals surface area (Å²) in [4.78, 5) is 23.0. The van der Waals surface area contributed by atoms with Crippen molar-refractivity contribution in [3.05, 3.63) is 23.8 Å². The summed E-state index contributed by atoms with van der Waals surface area (Å²) in [6.07, 6.45) is -1.25. The molecule has 1 atom stereocenters. The molecular formula is C12H12O5. The van der Waals surface area contributed by atoms with Gasteiger partial charge < -0.3 is 14.2 Å². The van der Waals surface area contributed by atoms with E-state index in [0.29, 0.717) is 11.5 Å². The molecule has 1 unspecified atom stereocenters. The third kappa shape index (κ3) is 2.22. The molecule has 0 saturated heterocycles. The molecule has 1 aromatic rings. The van der Waals surface area contributed by atoms with Crippen LogP contribution >= 0.6 is 0 Å². The average Bonchev–Trinajstić information content (AvgIpc) is 2.48. The van der Waals surface area contributed by atoms with E-state index in [4.69, 9.17) is 9.47 Å². The average molecular weight is 236 g/mol. The van der Waals surface area contributed by atoms with Crippen LogP contribution in [-0.2, 0) is 14.3 Å². The van der Waals surface area contributed by atoms with Crippen LogP contribution in [0.15, 0.2) is 18.2 Å². The summed E-state index contributed by atoms with van der Waals surface area (Å²) in [6, 6.07) is 5.26. The molecule has 1 aliphatic rings. The molecule has 0 bridgehead atoms. The van der Waals surface area contributed by atoms with E-state index >= 15 is 0 Å². The molecule has 0 radical (unpaired) electrons. The predicted octanol–water partition coefficient (Wildman–Crippen LogP) is 0.877. The SMILES string of the molecule is COC(=O)C1Oc2cc(C)ccc2OCC1=O. The molecule has 0 fully saturated rings. The van der Waals surface area contributed by atoms with Crippen molar-refractivity contribution in [2.24, 2.45) is 0 Å². The lowest BCUT2D eigenvalue weighted by Gasteiger charge is -2.12. The van der Waals surface area contributed by atoms with E-state index in [1.807, 2.05) is 13.0 Å². The minimum Gasteiger partial charge on any atom is -0.482 e. The van der Waals surface area contributed by atoms with Gasteiger partial charge in [-0.2, -0.15) is 0 Å². The fraction of sp³-hybridized carbons (Fsp3) is 0.333. The molecule has 17 heavy (non-hydrogen) atoms. The van der Waals surface area contributed by atoms with Crippen LogP contribution in [0.3, 0.4) is 0 Å². The maximum absolute atomic E-state index is 11.6. The summed E-state index contributed by atoms with van der Waals surface area (Å²) < 4.78 is 15.1. The highest BCUT2D eigenvalue weighted by molar-refractivity contribution is 6.03. The number of hydrogen-bond acceptors (Lipinski definition) is 5. The quantitative estimate of drug-likeness (QED) is 0.535. The number of rotatable bonds is 1. The first-order chi connectivity index (χ1) is 8.11. The standard InChI is InChI=1S/C12H12O5/c1-7-3-4-9-10(5-7)17-11(12(14)15-2)8(13)6-16-9/h3-5,11H,6H2,1-2H3. The van der Waals surface area contributed by atoms with Gasteiger partial charge in [-0.3, -0.25) is 4.79 Å². The Balaban J connectivity index is 2.35.